The van der Waals surface area contributed by atoms with E-state index in [0.29, 0.717) is 22.9 Å². The first-order valence-corrected chi connectivity index (χ1v) is 7.61. The highest BCUT2D eigenvalue weighted by Crippen LogP contribution is 2.28. The van der Waals surface area contributed by atoms with Crippen LogP contribution in [0.1, 0.15) is 61.3 Å². The molecule has 0 aliphatic carbocycles. The van der Waals surface area contributed by atoms with Crippen LogP contribution in [0.15, 0.2) is 0 Å². The predicted octanol–water partition coefficient (Wildman–Crippen LogP) is 3.52. The summed E-state index contributed by atoms with van der Waals surface area (Å²) in [6, 6.07) is 1.35. The molecule has 0 saturated carbocycles. The number of nitrogens with one attached hydrogen (secondary N) is 1. The smallest absolute Gasteiger partial charge is 0.0269 e. The van der Waals surface area contributed by atoms with Gasteiger partial charge in [-0.1, -0.05) is 48.5 Å². The second-order valence-electron chi connectivity index (χ2n) is 8.20. The van der Waals surface area contributed by atoms with Gasteiger partial charge in [0.2, 0.25) is 0 Å². The third kappa shape index (κ3) is 4.89. The lowest BCUT2D eigenvalue weighted by atomic mass is 9.82. The Bertz CT molecular complexity index is 247. The normalized spacial score (nSPS) is 27.5. The van der Waals surface area contributed by atoms with E-state index in [1.165, 1.54) is 25.9 Å². The summed E-state index contributed by atoms with van der Waals surface area (Å²) >= 11 is 0. The lowest BCUT2D eigenvalue weighted by Crippen LogP contribution is -2.60. The summed E-state index contributed by atoms with van der Waals surface area (Å²) in [7, 11) is 0. The number of rotatable bonds is 3. The average molecular weight is 254 g/mol. The molecule has 0 bridgehead atoms. The summed E-state index contributed by atoms with van der Waals surface area (Å²) in [6.07, 6.45) is 2.53. The molecule has 0 aromatic carbocycles. The second-order valence-corrected chi connectivity index (χ2v) is 8.20. The monoisotopic (exact) mass is 254 g/mol. The molecular weight excluding hydrogens is 220 g/mol. The first-order chi connectivity index (χ1) is 8.13. The Kier molecular flexibility index (Phi) is 5.25. The van der Waals surface area contributed by atoms with Gasteiger partial charge in [0.05, 0.1) is 0 Å². The van der Waals surface area contributed by atoms with Crippen molar-refractivity contribution in [2.75, 3.05) is 19.6 Å². The van der Waals surface area contributed by atoms with Crippen molar-refractivity contribution in [3.8, 4) is 0 Å². The summed E-state index contributed by atoms with van der Waals surface area (Å²) in [5, 5.41) is 3.71. The van der Waals surface area contributed by atoms with Crippen LogP contribution in [0, 0.1) is 10.8 Å². The third-order valence-corrected chi connectivity index (χ3v) is 4.14. The molecule has 1 heterocycles. The summed E-state index contributed by atoms with van der Waals surface area (Å²) in [6.45, 7) is 20.0. The summed E-state index contributed by atoms with van der Waals surface area (Å²) in [4.78, 5) is 2.73. The fraction of sp³-hybridized carbons (Fsp3) is 1.00. The highest BCUT2D eigenvalue weighted by atomic mass is 15.2. The molecule has 1 saturated heterocycles. The Morgan fingerprint density at radius 1 is 1.11 bits per heavy atom. The minimum atomic E-state index is 0.365. The Morgan fingerprint density at radius 3 is 2.17 bits per heavy atom. The van der Waals surface area contributed by atoms with Crippen LogP contribution in [0.25, 0.3) is 0 Å². The number of hydrogen-bond acceptors (Lipinski definition) is 2. The van der Waals surface area contributed by atoms with E-state index >= 15 is 0 Å². The van der Waals surface area contributed by atoms with E-state index in [1.54, 1.807) is 0 Å². The Hall–Kier alpha value is -0.0800. The molecule has 2 heteroatoms. The molecule has 1 aliphatic rings. The first-order valence-electron chi connectivity index (χ1n) is 7.61. The van der Waals surface area contributed by atoms with E-state index in [0.717, 1.165) is 6.54 Å². The van der Waals surface area contributed by atoms with Crippen LogP contribution < -0.4 is 5.32 Å². The minimum Gasteiger partial charge on any atom is -0.311 e. The van der Waals surface area contributed by atoms with Crippen LogP contribution in [-0.2, 0) is 0 Å². The molecule has 1 rings (SSSR count). The van der Waals surface area contributed by atoms with Crippen molar-refractivity contribution in [3.63, 3.8) is 0 Å². The zero-order chi connectivity index (χ0) is 14.0. The molecule has 2 nitrogen and oxygen atoms in total. The predicted molar refractivity (Wildman–Crippen MR) is 81.0 cm³/mol. The second kappa shape index (κ2) is 5.92. The molecule has 0 aromatic heterocycles. The van der Waals surface area contributed by atoms with Crippen LogP contribution in [0.5, 0.6) is 0 Å². The van der Waals surface area contributed by atoms with Gasteiger partial charge in [-0.2, -0.15) is 0 Å². The molecule has 2 unspecified atom stereocenters. The van der Waals surface area contributed by atoms with Gasteiger partial charge in [0, 0.05) is 25.2 Å². The van der Waals surface area contributed by atoms with E-state index in [4.69, 9.17) is 0 Å². The highest BCUT2D eigenvalue weighted by Gasteiger charge is 2.35. The fourth-order valence-electron chi connectivity index (χ4n) is 2.74. The number of piperazine rings is 1. The maximum atomic E-state index is 3.71. The van der Waals surface area contributed by atoms with Crippen LogP contribution >= 0.6 is 0 Å². The van der Waals surface area contributed by atoms with E-state index < -0.39 is 0 Å². The topological polar surface area (TPSA) is 15.3 Å². The summed E-state index contributed by atoms with van der Waals surface area (Å²) < 4.78 is 0. The van der Waals surface area contributed by atoms with E-state index in [-0.39, 0.29) is 0 Å². The van der Waals surface area contributed by atoms with E-state index in [1.807, 2.05) is 0 Å². The average Bonchev–Trinajstić information content (AvgIpc) is 2.23. The fourth-order valence-corrected chi connectivity index (χ4v) is 2.74. The van der Waals surface area contributed by atoms with Crippen molar-refractivity contribution < 1.29 is 0 Å². The molecule has 2 atom stereocenters. The van der Waals surface area contributed by atoms with Gasteiger partial charge in [-0.25, -0.2) is 0 Å². The Morgan fingerprint density at radius 2 is 1.72 bits per heavy atom. The standard InChI is InChI=1S/C16H34N2/c1-8-13-12-18(10-9-15(2,3)4)14(11-17-13)16(5,6)7/h13-14,17H,8-12H2,1-7H3. The highest BCUT2D eigenvalue weighted by molar-refractivity contribution is 4.92. The molecule has 0 radical (unpaired) electrons. The Balaban J connectivity index is 2.66. The van der Waals surface area contributed by atoms with Crippen LogP contribution in [-0.4, -0.2) is 36.6 Å². The molecule has 0 aromatic rings. The van der Waals surface area contributed by atoms with Gasteiger partial charge < -0.3 is 5.32 Å². The maximum absolute atomic E-state index is 3.71. The van der Waals surface area contributed by atoms with Crippen molar-refractivity contribution in [2.24, 2.45) is 10.8 Å². The van der Waals surface area contributed by atoms with Crippen LogP contribution in [0.4, 0.5) is 0 Å². The molecule has 108 valence electrons. The van der Waals surface area contributed by atoms with E-state index in [9.17, 15) is 0 Å². The summed E-state index contributed by atoms with van der Waals surface area (Å²) in [5.74, 6) is 0. The van der Waals surface area contributed by atoms with Gasteiger partial charge in [-0.05, 0) is 30.2 Å². The largest absolute Gasteiger partial charge is 0.311 e. The molecule has 0 amide bonds. The van der Waals surface area contributed by atoms with Gasteiger partial charge in [-0.15, -0.1) is 0 Å². The Labute approximate surface area is 115 Å². The molecule has 1 aliphatic heterocycles. The van der Waals surface area contributed by atoms with Gasteiger partial charge in [0.15, 0.2) is 0 Å². The van der Waals surface area contributed by atoms with Crippen molar-refractivity contribution in [2.45, 2.75) is 73.4 Å². The number of hydrogen-bond donors (Lipinski definition) is 1. The molecule has 0 spiro atoms. The van der Waals surface area contributed by atoms with Gasteiger partial charge in [0.1, 0.15) is 0 Å². The molecular formula is C16H34N2. The van der Waals surface area contributed by atoms with Crippen molar-refractivity contribution >= 4 is 0 Å². The van der Waals surface area contributed by atoms with Crippen LogP contribution in [0.3, 0.4) is 0 Å². The SMILES string of the molecule is CCC1CN(CCC(C)(C)C)C(C(C)(C)C)CN1. The van der Waals surface area contributed by atoms with Gasteiger partial charge in [0.25, 0.3) is 0 Å². The minimum absolute atomic E-state index is 0.365. The lowest BCUT2D eigenvalue weighted by molar-refractivity contribution is 0.0465. The third-order valence-electron chi connectivity index (χ3n) is 4.14. The zero-order valence-corrected chi connectivity index (χ0v) is 13.6. The maximum Gasteiger partial charge on any atom is 0.0269 e. The van der Waals surface area contributed by atoms with Crippen molar-refractivity contribution in [1.82, 2.24) is 10.2 Å². The van der Waals surface area contributed by atoms with Crippen molar-refractivity contribution in [3.05, 3.63) is 0 Å². The molecule has 18 heavy (non-hydrogen) atoms. The van der Waals surface area contributed by atoms with E-state index in [2.05, 4.69) is 58.7 Å². The molecule has 1 N–H and O–H groups in total. The summed E-state index contributed by atoms with van der Waals surface area (Å²) in [5.41, 5.74) is 0.804. The number of nitrogens with zero attached hydrogens (tertiary/aromatic N) is 1. The van der Waals surface area contributed by atoms with Gasteiger partial charge in [-0.3, -0.25) is 4.90 Å². The first kappa shape index (κ1) is 16.0. The lowest BCUT2D eigenvalue weighted by Gasteiger charge is -2.47. The van der Waals surface area contributed by atoms with Crippen molar-refractivity contribution in [1.29, 1.82) is 0 Å². The quantitative estimate of drug-likeness (QED) is 0.829. The zero-order valence-electron chi connectivity index (χ0n) is 13.6. The van der Waals surface area contributed by atoms with Crippen LogP contribution in [0.2, 0.25) is 0 Å². The molecule has 1 fully saturated rings. The van der Waals surface area contributed by atoms with Gasteiger partial charge >= 0.3 is 0 Å².